The second kappa shape index (κ2) is 14.2. The third kappa shape index (κ3) is 6.17. The van der Waals surface area contributed by atoms with E-state index in [9.17, 15) is 5.26 Å². The Balaban J connectivity index is 1.33. The maximum atomic E-state index is 10.1. The van der Waals surface area contributed by atoms with Crippen LogP contribution < -0.4 is 0 Å². The zero-order chi connectivity index (χ0) is 36.3. The lowest BCUT2D eigenvalue weighted by Crippen LogP contribution is -2.02. The van der Waals surface area contributed by atoms with Gasteiger partial charge in [0.15, 0.2) is 23.3 Å². The minimum absolute atomic E-state index is 0.515. The molecular formula is C48H30N6. The van der Waals surface area contributed by atoms with Crippen molar-refractivity contribution in [2.75, 3.05) is 0 Å². The Kier molecular flexibility index (Phi) is 8.48. The van der Waals surface area contributed by atoms with E-state index in [2.05, 4.69) is 42.5 Å². The molecule has 252 valence electrons. The van der Waals surface area contributed by atoms with Gasteiger partial charge in [-0.05, 0) is 40.5 Å². The van der Waals surface area contributed by atoms with Crippen LogP contribution in [-0.4, -0.2) is 24.9 Å². The van der Waals surface area contributed by atoms with Gasteiger partial charge in [0.25, 0.3) is 0 Å². The molecule has 0 bridgehead atoms. The molecule has 0 spiro atoms. The van der Waals surface area contributed by atoms with Crippen LogP contribution in [0.5, 0.6) is 0 Å². The van der Waals surface area contributed by atoms with Crippen molar-refractivity contribution in [3.63, 3.8) is 0 Å². The van der Waals surface area contributed by atoms with E-state index in [1.54, 1.807) is 0 Å². The van der Waals surface area contributed by atoms with Crippen molar-refractivity contribution in [3.05, 3.63) is 188 Å². The van der Waals surface area contributed by atoms with Crippen molar-refractivity contribution in [2.45, 2.75) is 0 Å². The molecule has 9 aromatic rings. The lowest BCUT2D eigenvalue weighted by atomic mass is 9.89. The monoisotopic (exact) mass is 690 g/mol. The predicted molar refractivity (Wildman–Crippen MR) is 216 cm³/mol. The minimum atomic E-state index is 0.515. The summed E-state index contributed by atoms with van der Waals surface area (Å²) >= 11 is 0. The molecule has 0 N–H and O–H groups in total. The molecule has 0 saturated heterocycles. The summed E-state index contributed by atoms with van der Waals surface area (Å²) in [5.74, 6) is 2.30. The Morgan fingerprint density at radius 1 is 0.333 bits per heavy atom. The second-order valence-electron chi connectivity index (χ2n) is 12.8. The zero-order valence-corrected chi connectivity index (χ0v) is 29.0. The summed E-state index contributed by atoms with van der Waals surface area (Å²) in [6.07, 6.45) is 0. The first-order valence-corrected chi connectivity index (χ1v) is 17.7. The largest absolute Gasteiger partial charge is 0.228 e. The highest BCUT2D eigenvalue weighted by molar-refractivity contribution is 6.00. The summed E-state index contributed by atoms with van der Waals surface area (Å²) in [6.45, 7) is 0. The highest BCUT2D eigenvalue weighted by Crippen LogP contribution is 2.42. The van der Waals surface area contributed by atoms with Gasteiger partial charge < -0.3 is 0 Å². The summed E-state index contributed by atoms with van der Waals surface area (Å²) in [6, 6.07) is 62.7. The fourth-order valence-electron chi connectivity index (χ4n) is 6.82. The van der Waals surface area contributed by atoms with Gasteiger partial charge in [0, 0.05) is 33.2 Å². The summed E-state index contributed by atoms with van der Waals surface area (Å²) in [7, 11) is 0. The number of rotatable bonds is 7. The van der Waals surface area contributed by atoms with Crippen LogP contribution in [-0.2, 0) is 0 Å². The first kappa shape index (κ1) is 32.3. The van der Waals surface area contributed by atoms with Gasteiger partial charge in [-0.15, -0.1) is 0 Å². The van der Waals surface area contributed by atoms with Crippen LogP contribution in [0, 0.1) is 11.3 Å². The Morgan fingerprint density at radius 3 is 1.44 bits per heavy atom. The molecule has 0 atom stereocenters. The molecule has 0 amide bonds. The highest BCUT2D eigenvalue weighted by atomic mass is 15.0. The Bertz CT molecular complexity index is 2770. The standard InChI is InChI=1S/C48H30N6/c49-31-36-22-10-11-23-37(36)35-28-29-39(42(30-35)48-53-46(33-18-6-2-7-19-33)52-47(54-48)34-20-8-3-9-21-34)38-24-12-13-25-40(38)44-41-26-14-15-27-43(41)50-45(51-44)32-16-4-1-5-17-32/h1-30H. The molecule has 0 aliphatic heterocycles. The van der Waals surface area contributed by atoms with Crippen LogP contribution in [0.1, 0.15) is 5.56 Å². The summed E-state index contributed by atoms with van der Waals surface area (Å²) in [5.41, 5.74) is 10.3. The topological polar surface area (TPSA) is 88.2 Å². The molecular weight excluding hydrogens is 661 g/mol. The van der Waals surface area contributed by atoms with Gasteiger partial charge in [0.05, 0.1) is 22.8 Å². The van der Waals surface area contributed by atoms with Crippen LogP contribution in [0.4, 0.5) is 0 Å². The summed E-state index contributed by atoms with van der Waals surface area (Å²) < 4.78 is 0. The van der Waals surface area contributed by atoms with E-state index in [0.717, 1.165) is 66.7 Å². The van der Waals surface area contributed by atoms with Gasteiger partial charge in [-0.1, -0.05) is 164 Å². The van der Waals surface area contributed by atoms with Gasteiger partial charge in [-0.25, -0.2) is 24.9 Å². The molecule has 0 aliphatic carbocycles. The number of hydrogen-bond acceptors (Lipinski definition) is 6. The third-order valence-electron chi connectivity index (χ3n) is 9.43. The van der Waals surface area contributed by atoms with Crippen molar-refractivity contribution in [3.8, 4) is 85.1 Å². The first-order chi connectivity index (χ1) is 26.7. The second-order valence-corrected chi connectivity index (χ2v) is 12.8. The van der Waals surface area contributed by atoms with Crippen molar-refractivity contribution >= 4 is 10.9 Å². The normalized spacial score (nSPS) is 10.9. The minimum Gasteiger partial charge on any atom is -0.228 e. The average Bonchev–Trinajstić information content (AvgIpc) is 3.26. The maximum Gasteiger partial charge on any atom is 0.164 e. The third-order valence-corrected chi connectivity index (χ3v) is 9.43. The molecule has 6 heteroatoms. The molecule has 2 aromatic heterocycles. The molecule has 2 heterocycles. The Labute approximate surface area is 312 Å². The molecule has 0 aliphatic rings. The van der Waals surface area contributed by atoms with Gasteiger partial charge >= 0.3 is 0 Å². The molecule has 7 aromatic carbocycles. The van der Waals surface area contributed by atoms with Crippen LogP contribution in [0.15, 0.2) is 182 Å². The van der Waals surface area contributed by atoms with Crippen molar-refractivity contribution in [2.24, 2.45) is 0 Å². The maximum absolute atomic E-state index is 10.1. The fraction of sp³-hybridized carbons (Fsp3) is 0. The molecule has 54 heavy (non-hydrogen) atoms. The number of fused-ring (bicyclic) bond motifs is 1. The zero-order valence-electron chi connectivity index (χ0n) is 29.0. The van der Waals surface area contributed by atoms with E-state index < -0.39 is 0 Å². The number of nitriles is 1. The fourth-order valence-corrected chi connectivity index (χ4v) is 6.82. The highest BCUT2D eigenvalue weighted by Gasteiger charge is 2.21. The molecule has 0 radical (unpaired) electrons. The van der Waals surface area contributed by atoms with Crippen LogP contribution in [0.25, 0.3) is 90.0 Å². The van der Waals surface area contributed by atoms with E-state index in [4.69, 9.17) is 24.9 Å². The lowest BCUT2D eigenvalue weighted by molar-refractivity contribution is 1.07. The van der Waals surface area contributed by atoms with Crippen molar-refractivity contribution in [1.29, 1.82) is 5.26 Å². The number of nitrogens with zero attached hydrogens (tertiary/aromatic N) is 6. The predicted octanol–water partition coefficient (Wildman–Crippen LogP) is 11.4. The lowest BCUT2D eigenvalue weighted by Gasteiger charge is -2.17. The van der Waals surface area contributed by atoms with E-state index >= 15 is 0 Å². The average molecular weight is 691 g/mol. The SMILES string of the molecule is N#Cc1ccccc1-c1ccc(-c2ccccc2-c2nc(-c3ccccc3)nc3ccccc23)c(-c2nc(-c3ccccc3)nc(-c3ccccc3)n2)c1. The first-order valence-electron chi connectivity index (χ1n) is 17.7. The number of benzene rings is 7. The summed E-state index contributed by atoms with van der Waals surface area (Å²) in [5, 5.41) is 11.0. The van der Waals surface area contributed by atoms with Crippen molar-refractivity contribution in [1.82, 2.24) is 24.9 Å². The van der Waals surface area contributed by atoms with E-state index in [1.807, 2.05) is 146 Å². The van der Waals surface area contributed by atoms with E-state index in [0.29, 0.717) is 28.9 Å². The molecule has 0 saturated carbocycles. The van der Waals surface area contributed by atoms with Gasteiger partial charge in [0.2, 0.25) is 0 Å². The summed E-state index contributed by atoms with van der Waals surface area (Å²) in [4.78, 5) is 25.5. The molecule has 0 unspecified atom stereocenters. The Hall–Kier alpha value is -7.62. The molecule has 9 rings (SSSR count). The van der Waals surface area contributed by atoms with E-state index in [1.165, 1.54) is 0 Å². The molecule has 0 fully saturated rings. The van der Waals surface area contributed by atoms with Crippen molar-refractivity contribution < 1.29 is 0 Å². The van der Waals surface area contributed by atoms with Gasteiger partial charge in [-0.3, -0.25) is 0 Å². The van der Waals surface area contributed by atoms with Gasteiger partial charge in [-0.2, -0.15) is 5.26 Å². The van der Waals surface area contributed by atoms with Crippen LogP contribution >= 0.6 is 0 Å². The number of hydrogen-bond donors (Lipinski definition) is 0. The molecule has 6 nitrogen and oxygen atoms in total. The van der Waals surface area contributed by atoms with Crippen LogP contribution in [0.2, 0.25) is 0 Å². The Morgan fingerprint density at radius 2 is 0.815 bits per heavy atom. The smallest absolute Gasteiger partial charge is 0.164 e. The van der Waals surface area contributed by atoms with E-state index in [-0.39, 0.29) is 0 Å². The quantitative estimate of drug-likeness (QED) is 0.165. The number of para-hydroxylation sites is 1. The number of aromatic nitrogens is 5. The van der Waals surface area contributed by atoms with Crippen LogP contribution in [0.3, 0.4) is 0 Å². The van der Waals surface area contributed by atoms with Gasteiger partial charge in [0.1, 0.15) is 0 Å².